The summed E-state index contributed by atoms with van der Waals surface area (Å²) in [6.45, 7) is 13.1. The Balaban J connectivity index is 2.09. The zero-order valence-electron chi connectivity index (χ0n) is 11.9. The fraction of sp³-hybridized carbons (Fsp3) is 1.00. The summed E-state index contributed by atoms with van der Waals surface area (Å²) < 4.78 is 0. The van der Waals surface area contributed by atoms with Crippen LogP contribution in [0.15, 0.2) is 0 Å². The van der Waals surface area contributed by atoms with Gasteiger partial charge in [-0.3, -0.25) is 0 Å². The van der Waals surface area contributed by atoms with Crippen LogP contribution in [0, 0.1) is 0 Å². The Morgan fingerprint density at radius 3 is 1.94 bits per heavy atom. The van der Waals surface area contributed by atoms with Crippen LogP contribution in [0.25, 0.3) is 0 Å². The van der Waals surface area contributed by atoms with Gasteiger partial charge in [0.2, 0.25) is 0 Å². The van der Waals surface area contributed by atoms with Crippen molar-refractivity contribution < 1.29 is 5.11 Å². The Hall–Kier alpha value is -0.120. The van der Waals surface area contributed by atoms with E-state index in [4.69, 9.17) is 0 Å². The number of aliphatic hydroxyl groups is 1. The number of piperazine rings is 1. The maximum absolute atomic E-state index is 9.71. The number of hydrogen-bond acceptors (Lipinski definition) is 3. The van der Waals surface area contributed by atoms with Gasteiger partial charge in [0.05, 0.1) is 5.60 Å². The van der Waals surface area contributed by atoms with Crippen LogP contribution in [0.5, 0.6) is 0 Å². The molecule has 1 rings (SSSR count). The highest BCUT2D eigenvalue weighted by molar-refractivity contribution is 4.74. The van der Waals surface area contributed by atoms with Crippen LogP contribution in [-0.2, 0) is 0 Å². The van der Waals surface area contributed by atoms with Crippen molar-refractivity contribution in [2.45, 2.75) is 52.1 Å². The van der Waals surface area contributed by atoms with E-state index in [1.165, 1.54) is 52.0 Å². The van der Waals surface area contributed by atoms with E-state index in [1.807, 2.05) is 13.8 Å². The lowest BCUT2D eigenvalue weighted by molar-refractivity contribution is 0.0474. The summed E-state index contributed by atoms with van der Waals surface area (Å²) in [4.78, 5) is 5.06. The predicted molar refractivity (Wildman–Crippen MR) is 73.3 cm³/mol. The molecule has 0 bridgehead atoms. The second kappa shape index (κ2) is 7.34. The maximum atomic E-state index is 9.71. The first kappa shape index (κ1) is 14.9. The Morgan fingerprint density at radius 1 is 0.941 bits per heavy atom. The van der Waals surface area contributed by atoms with Gasteiger partial charge in [-0.25, -0.2) is 0 Å². The molecule has 0 radical (unpaired) electrons. The van der Waals surface area contributed by atoms with Gasteiger partial charge >= 0.3 is 0 Å². The summed E-state index contributed by atoms with van der Waals surface area (Å²) in [5.74, 6) is 0. The van der Waals surface area contributed by atoms with E-state index in [-0.39, 0.29) is 0 Å². The summed E-state index contributed by atoms with van der Waals surface area (Å²) in [6.07, 6.45) is 4.90. The molecule has 1 aliphatic rings. The van der Waals surface area contributed by atoms with Crippen molar-refractivity contribution in [2.75, 3.05) is 39.3 Å². The third kappa shape index (κ3) is 7.02. The topological polar surface area (TPSA) is 26.7 Å². The molecule has 0 aromatic heterocycles. The molecule has 1 saturated heterocycles. The van der Waals surface area contributed by atoms with Crippen LogP contribution < -0.4 is 0 Å². The van der Waals surface area contributed by atoms with Gasteiger partial charge in [0.1, 0.15) is 0 Å². The largest absolute Gasteiger partial charge is 0.390 e. The molecule has 17 heavy (non-hydrogen) atoms. The summed E-state index contributed by atoms with van der Waals surface area (Å²) in [6, 6.07) is 0. The molecule has 1 aliphatic heterocycles. The number of rotatable bonds is 7. The first-order chi connectivity index (χ1) is 8.01. The van der Waals surface area contributed by atoms with Gasteiger partial charge in [-0.05, 0) is 33.2 Å². The first-order valence-electron chi connectivity index (χ1n) is 7.18. The molecule has 0 unspecified atom stereocenters. The first-order valence-corrected chi connectivity index (χ1v) is 7.18. The minimum absolute atomic E-state index is 0.516. The van der Waals surface area contributed by atoms with Gasteiger partial charge in [-0.1, -0.05) is 19.8 Å². The molecule has 0 saturated carbocycles. The third-order valence-corrected chi connectivity index (χ3v) is 3.58. The fourth-order valence-electron chi connectivity index (χ4n) is 2.25. The third-order valence-electron chi connectivity index (χ3n) is 3.58. The zero-order valence-corrected chi connectivity index (χ0v) is 11.9. The fourth-order valence-corrected chi connectivity index (χ4v) is 2.25. The molecular weight excluding hydrogens is 212 g/mol. The molecule has 102 valence electrons. The summed E-state index contributed by atoms with van der Waals surface area (Å²) in [5, 5.41) is 9.71. The van der Waals surface area contributed by atoms with Crippen LogP contribution in [0.1, 0.15) is 46.5 Å². The van der Waals surface area contributed by atoms with Crippen molar-refractivity contribution in [1.82, 2.24) is 9.80 Å². The Morgan fingerprint density at radius 2 is 1.47 bits per heavy atom. The van der Waals surface area contributed by atoms with Crippen molar-refractivity contribution in [1.29, 1.82) is 0 Å². The minimum Gasteiger partial charge on any atom is -0.390 e. The SMILES string of the molecule is CCCCCN1CCN(CCC(C)(C)O)CC1. The van der Waals surface area contributed by atoms with Gasteiger partial charge in [-0.15, -0.1) is 0 Å². The van der Waals surface area contributed by atoms with E-state index in [9.17, 15) is 5.11 Å². The van der Waals surface area contributed by atoms with E-state index >= 15 is 0 Å². The van der Waals surface area contributed by atoms with Gasteiger partial charge in [-0.2, -0.15) is 0 Å². The minimum atomic E-state index is -0.516. The second-order valence-electron chi connectivity index (χ2n) is 5.95. The van der Waals surface area contributed by atoms with Crippen molar-refractivity contribution in [3.8, 4) is 0 Å². The van der Waals surface area contributed by atoms with E-state index < -0.39 is 5.60 Å². The average molecular weight is 242 g/mol. The molecule has 1 fully saturated rings. The van der Waals surface area contributed by atoms with Gasteiger partial charge < -0.3 is 14.9 Å². The number of unbranched alkanes of at least 4 members (excludes halogenated alkanes) is 2. The highest BCUT2D eigenvalue weighted by Gasteiger charge is 2.19. The van der Waals surface area contributed by atoms with Gasteiger partial charge in [0, 0.05) is 32.7 Å². The monoisotopic (exact) mass is 242 g/mol. The highest BCUT2D eigenvalue weighted by Crippen LogP contribution is 2.10. The van der Waals surface area contributed by atoms with E-state index in [2.05, 4.69) is 16.7 Å². The molecule has 0 aromatic carbocycles. The summed E-state index contributed by atoms with van der Waals surface area (Å²) in [5.41, 5.74) is -0.516. The highest BCUT2D eigenvalue weighted by atomic mass is 16.3. The predicted octanol–water partition coefficient (Wildman–Crippen LogP) is 1.96. The van der Waals surface area contributed by atoms with Crippen molar-refractivity contribution in [3.05, 3.63) is 0 Å². The molecule has 0 amide bonds. The summed E-state index contributed by atoms with van der Waals surface area (Å²) >= 11 is 0. The Bertz CT molecular complexity index is 193. The lowest BCUT2D eigenvalue weighted by Crippen LogP contribution is -2.47. The Kier molecular flexibility index (Phi) is 6.45. The second-order valence-corrected chi connectivity index (χ2v) is 5.95. The van der Waals surface area contributed by atoms with Crippen LogP contribution in [0.4, 0.5) is 0 Å². The van der Waals surface area contributed by atoms with E-state index in [0.29, 0.717) is 0 Å². The van der Waals surface area contributed by atoms with Crippen molar-refractivity contribution in [2.24, 2.45) is 0 Å². The van der Waals surface area contributed by atoms with Crippen LogP contribution in [-0.4, -0.2) is 59.8 Å². The molecule has 3 heteroatoms. The van der Waals surface area contributed by atoms with Crippen LogP contribution in [0.2, 0.25) is 0 Å². The molecule has 0 aliphatic carbocycles. The van der Waals surface area contributed by atoms with Crippen LogP contribution >= 0.6 is 0 Å². The molecule has 1 heterocycles. The molecule has 0 aromatic rings. The normalized spacial score (nSPS) is 19.8. The Labute approximate surface area is 107 Å². The van der Waals surface area contributed by atoms with Gasteiger partial charge in [0.25, 0.3) is 0 Å². The smallest absolute Gasteiger partial charge is 0.0603 e. The lowest BCUT2D eigenvalue weighted by atomic mass is 10.1. The summed E-state index contributed by atoms with van der Waals surface area (Å²) in [7, 11) is 0. The molecular formula is C14H30N2O. The maximum Gasteiger partial charge on any atom is 0.0603 e. The quantitative estimate of drug-likeness (QED) is 0.691. The number of hydrogen-bond donors (Lipinski definition) is 1. The van der Waals surface area contributed by atoms with E-state index in [0.717, 1.165) is 13.0 Å². The molecule has 0 atom stereocenters. The van der Waals surface area contributed by atoms with E-state index in [1.54, 1.807) is 0 Å². The number of nitrogens with zero attached hydrogens (tertiary/aromatic N) is 2. The van der Waals surface area contributed by atoms with Gasteiger partial charge in [0.15, 0.2) is 0 Å². The lowest BCUT2D eigenvalue weighted by Gasteiger charge is -2.35. The van der Waals surface area contributed by atoms with Crippen LogP contribution in [0.3, 0.4) is 0 Å². The molecule has 0 spiro atoms. The van der Waals surface area contributed by atoms with Crippen molar-refractivity contribution >= 4 is 0 Å². The molecule has 1 N–H and O–H groups in total. The standard InChI is InChI=1S/C14H30N2O/c1-4-5-6-8-15-10-12-16(13-11-15)9-7-14(2,3)17/h17H,4-13H2,1-3H3. The average Bonchev–Trinajstić information content (AvgIpc) is 2.27. The zero-order chi connectivity index (χ0) is 12.7. The van der Waals surface area contributed by atoms with Crippen molar-refractivity contribution in [3.63, 3.8) is 0 Å². The molecule has 3 nitrogen and oxygen atoms in total.